The van der Waals surface area contributed by atoms with Crippen molar-refractivity contribution < 1.29 is 4.42 Å². The molecule has 21 heavy (non-hydrogen) atoms. The predicted octanol–water partition coefficient (Wildman–Crippen LogP) is 5.28. The fraction of sp³-hybridized carbons (Fsp3) is 0.167. The van der Waals surface area contributed by atoms with Gasteiger partial charge in [-0.25, -0.2) is 4.98 Å². The molecule has 1 aromatic heterocycles. The Morgan fingerprint density at radius 1 is 0.905 bits per heavy atom. The topological polar surface area (TPSA) is 26.0 Å². The Hall–Kier alpha value is -1.87. The lowest BCUT2D eigenvalue weighted by atomic mass is 10.1. The van der Waals surface area contributed by atoms with Crippen molar-refractivity contribution in [3.63, 3.8) is 0 Å². The number of halogens is 1. The van der Waals surface area contributed by atoms with E-state index < -0.39 is 0 Å². The maximum atomic E-state index is 5.82. The minimum atomic E-state index is 0.692. The molecule has 0 bridgehead atoms. The number of hydrogen-bond donors (Lipinski definition) is 0. The highest BCUT2D eigenvalue weighted by molar-refractivity contribution is 9.10. The minimum Gasteiger partial charge on any atom is -0.441 e. The van der Waals surface area contributed by atoms with E-state index in [4.69, 9.17) is 4.42 Å². The molecule has 3 aromatic rings. The summed E-state index contributed by atoms with van der Waals surface area (Å²) in [5.41, 5.74) is 2.37. The van der Waals surface area contributed by atoms with E-state index in [1.807, 2.05) is 36.5 Å². The van der Waals surface area contributed by atoms with Gasteiger partial charge in [-0.1, -0.05) is 46.3 Å². The van der Waals surface area contributed by atoms with Crippen molar-refractivity contribution in [3.05, 3.63) is 76.6 Å². The zero-order chi connectivity index (χ0) is 14.5. The molecule has 0 N–H and O–H groups in total. The molecule has 0 unspecified atom stereocenters. The molecule has 0 atom stereocenters. The lowest BCUT2D eigenvalue weighted by Crippen LogP contribution is -1.88. The van der Waals surface area contributed by atoms with Crippen LogP contribution >= 0.6 is 15.9 Å². The summed E-state index contributed by atoms with van der Waals surface area (Å²) in [4.78, 5) is 4.36. The average molecular weight is 342 g/mol. The second-order valence-electron chi connectivity index (χ2n) is 4.98. The Morgan fingerprint density at radius 3 is 2.43 bits per heavy atom. The zero-order valence-corrected chi connectivity index (χ0v) is 13.2. The van der Waals surface area contributed by atoms with Crippen LogP contribution in [0.25, 0.3) is 11.5 Å². The average Bonchev–Trinajstić information content (AvgIpc) is 2.98. The van der Waals surface area contributed by atoms with E-state index in [2.05, 4.69) is 45.2 Å². The van der Waals surface area contributed by atoms with E-state index in [9.17, 15) is 0 Å². The van der Waals surface area contributed by atoms with Crippen molar-refractivity contribution in [1.82, 2.24) is 4.98 Å². The van der Waals surface area contributed by atoms with Gasteiger partial charge in [0.2, 0.25) is 5.89 Å². The second-order valence-corrected chi connectivity index (χ2v) is 5.89. The normalized spacial score (nSPS) is 10.7. The predicted molar refractivity (Wildman–Crippen MR) is 88.1 cm³/mol. The van der Waals surface area contributed by atoms with Crippen LogP contribution in [0, 0.1) is 0 Å². The van der Waals surface area contributed by atoms with E-state index in [1.54, 1.807) is 0 Å². The van der Waals surface area contributed by atoms with Crippen molar-refractivity contribution in [2.45, 2.75) is 19.3 Å². The summed E-state index contributed by atoms with van der Waals surface area (Å²) in [6.07, 6.45) is 4.88. The number of benzene rings is 2. The largest absolute Gasteiger partial charge is 0.441 e. The van der Waals surface area contributed by atoms with Crippen LogP contribution in [0.1, 0.15) is 17.7 Å². The van der Waals surface area contributed by atoms with E-state index in [0.717, 1.165) is 35.1 Å². The maximum absolute atomic E-state index is 5.82. The van der Waals surface area contributed by atoms with Crippen LogP contribution < -0.4 is 0 Å². The molecular formula is C18H16BrNO. The summed E-state index contributed by atoms with van der Waals surface area (Å²) < 4.78 is 6.88. The molecule has 0 aliphatic rings. The maximum Gasteiger partial charge on any atom is 0.226 e. The first kappa shape index (κ1) is 14.1. The monoisotopic (exact) mass is 341 g/mol. The second kappa shape index (κ2) is 6.72. The molecular weight excluding hydrogens is 326 g/mol. The van der Waals surface area contributed by atoms with Crippen molar-refractivity contribution in [2.75, 3.05) is 0 Å². The quantitative estimate of drug-likeness (QED) is 0.630. The number of nitrogens with zero attached hydrogens (tertiary/aromatic N) is 1. The molecule has 0 fully saturated rings. The van der Waals surface area contributed by atoms with Crippen LogP contribution in [0.2, 0.25) is 0 Å². The van der Waals surface area contributed by atoms with Crippen LogP contribution in [-0.2, 0) is 12.8 Å². The van der Waals surface area contributed by atoms with Crippen LogP contribution in [-0.4, -0.2) is 4.98 Å². The Balaban J connectivity index is 1.59. The molecule has 0 spiro atoms. The number of aromatic nitrogens is 1. The summed E-state index contributed by atoms with van der Waals surface area (Å²) in [6.45, 7) is 0. The molecule has 0 amide bonds. The Morgan fingerprint density at radius 2 is 1.67 bits per heavy atom. The fourth-order valence-electron chi connectivity index (χ4n) is 2.26. The standard InChI is InChI=1S/C18H16BrNO/c19-16-11-9-15(10-12-16)18-20-13-17(21-18)8-4-7-14-5-2-1-3-6-14/h1-3,5-6,9-13H,4,7-8H2. The first-order chi connectivity index (χ1) is 10.3. The van der Waals surface area contributed by atoms with Gasteiger partial charge < -0.3 is 4.42 Å². The van der Waals surface area contributed by atoms with Crippen molar-refractivity contribution in [3.8, 4) is 11.5 Å². The Kier molecular flexibility index (Phi) is 4.51. The van der Waals surface area contributed by atoms with Crippen LogP contribution in [0.4, 0.5) is 0 Å². The highest BCUT2D eigenvalue weighted by Gasteiger charge is 2.06. The Bertz CT molecular complexity index is 689. The van der Waals surface area contributed by atoms with E-state index in [-0.39, 0.29) is 0 Å². The highest BCUT2D eigenvalue weighted by Crippen LogP contribution is 2.22. The highest BCUT2D eigenvalue weighted by atomic mass is 79.9. The van der Waals surface area contributed by atoms with Gasteiger partial charge in [0.05, 0.1) is 6.20 Å². The summed E-state index contributed by atoms with van der Waals surface area (Å²) >= 11 is 3.43. The fourth-order valence-corrected chi connectivity index (χ4v) is 2.52. The van der Waals surface area contributed by atoms with Gasteiger partial charge in [0.15, 0.2) is 0 Å². The van der Waals surface area contributed by atoms with Crippen molar-refractivity contribution >= 4 is 15.9 Å². The molecule has 3 rings (SSSR count). The van der Waals surface area contributed by atoms with Gasteiger partial charge in [-0.3, -0.25) is 0 Å². The number of oxazole rings is 1. The van der Waals surface area contributed by atoms with Gasteiger partial charge in [0.1, 0.15) is 5.76 Å². The molecule has 2 nitrogen and oxygen atoms in total. The third-order valence-electron chi connectivity index (χ3n) is 3.38. The molecule has 3 heteroatoms. The molecule has 1 heterocycles. The van der Waals surface area contributed by atoms with Gasteiger partial charge in [-0.2, -0.15) is 0 Å². The summed E-state index contributed by atoms with van der Waals surface area (Å²) in [5.74, 6) is 1.64. The number of aryl methyl sites for hydroxylation is 2. The number of hydrogen-bond acceptors (Lipinski definition) is 2. The molecule has 0 aliphatic heterocycles. The molecule has 0 radical (unpaired) electrons. The smallest absolute Gasteiger partial charge is 0.226 e. The van der Waals surface area contributed by atoms with Crippen LogP contribution in [0.15, 0.2) is 69.7 Å². The first-order valence-corrected chi connectivity index (χ1v) is 7.85. The van der Waals surface area contributed by atoms with Crippen LogP contribution in [0.5, 0.6) is 0 Å². The molecule has 106 valence electrons. The van der Waals surface area contributed by atoms with Gasteiger partial charge in [-0.05, 0) is 42.7 Å². The SMILES string of the molecule is Brc1ccc(-c2ncc(CCCc3ccccc3)o2)cc1. The van der Waals surface area contributed by atoms with Crippen molar-refractivity contribution in [1.29, 1.82) is 0 Å². The molecule has 0 saturated heterocycles. The van der Waals surface area contributed by atoms with Gasteiger partial charge in [0, 0.05) is 16.5 Å². The van der Waals surface area contributed by atoms with Crippen molar-refractivity contribution in [2.24, 2.45) is 0 Å². The first-order valence-electron chi connectivity index (χ1n) is 7.06. The van der Waals surface area contributed by atoms with E-state index >= 15 is 0 Å². The summed E-state index contributed by atoms with van der Waals surface area (Å²) in [5, 5.41) is 0. The summed E-state index contributed by atoms with van der Waals surface area (Å²) in [7, 11) is 0. The van der Waals surface area contributed by atoms with Crippen LogP contribution in [0.3, 0.4) is 0 Å². The molecule has 0 aliphatic carbocycles. The lowest BCUT2D eigenvalue weighted by molar-refractivity contribution is 0.510. The van der Waals surface area contributed by atoms with E-state index in [0.29, 0.717) is 5.89 Å². The molecule has 0 saturated carbocycles. The number of rotatable bonds is 5. The van der Waals surface area contributed by atoms with Gasteiger partial charge in [0.25, 0.3) is 0 Å². The van der Waals surface area contributed by atoms with Gasteiger partial charge in [-0.15, -0.1) is 0 Å². The third-order valence-corrected chi connectivity index (χ3v) is 3.90. The summed E-state index contributed by atoms with van der Waals surface area (Å²) in [6, 6.07) is 18.5. The Labute approximate surface area is 133 Å². The zero-order valence-electron chi connectivity index (χ0n) is 11.6. The van der Waals surface area contributed by atoms with E-state index in [1.165, 1.54) is 5.56 Å². The minimum absolute atomic E-state index is 0.692. The lowest BCUT2D eigenvalue weighted by Gasteiger charge is -1.99. The van der Waals surface area contributed by atoms with Gasteiger partial charge >= 0.3 is 0 Å². The molecule has 2 aromatic carbocycles. The third kappa shape index (κ3) is 3.82.